The van der Waals surface area contributed by atoms with Crippen LogP contribution in [0.4, 0.5) is 4.79 Å². The number of unbranched alkanes of at least 4 members (excludes halogenated alkanes) is 1. The molecule has 10 nitrogen and oxygen atoms in total. The fourth-order valence-corrected chi connectivity index (χ4v) is 3.16. The van der Waals surface area contributed by atoms with E-state index in [1.165, 1.54) is 0 Å². The molecule has 1 atom stereocenters. The Morgan fingerprint density at radius 1 is 1.04 bits per heavy atom. The fourth-order valence-electron chi connectivity index (χ4n) is 3.16. The summed E-state index contributed by atoms with van der Waals surface area (Å²) in [6.45, 7) is 9.33. The van der Waals surface area contributed by atoms with E-state index in [4.69, 9.17) is 0 Å². The second kappa shape index (κ2) is 9.83. The first kappa shape index (κ1) is 22.1. The van der Waals surface area contributed by atoms with Crippen LogP contribution in [0, 0.1) is 0 Å². The zero-order valence-electron chi connectivity index (χ0n) is 17.0. The number of amides is 5. The van der Waals surface area contributed by atoms with E-state index in [2.05, 4.69) is 27.9 Å². The SMILES string of the molecule is CCCCNC(=O)CN1CCN(CC(=O)NN2C(=O)NC(C)(CC)C2=O)CC1. The van der Waals surface area contributed by atoms with Gasteiger partial charge in [0.1, 0.15) is 5.54 Å². The summed E-state index contributed by atoms with van der Waals surface area (Å²) >= 11 is 0. The summed E-state index contributed by atoms with van der Waals surface area (Å²) in [5, 5.41) is 6.26. The lowest BCUT2D eigenvalue weighted by molar-refractivity contribution is -0.139. The minimum atomic E-state index is -0.978. The molecule has 5 amide bonds. The largest absolute Gasteiger partial charge is 0.355 e. The van der Waals surface area contributed by atoms with Crippen molar-refractivity contribution in [2.75, 3.05) is 45.8 Å². The fraction of sp³-hybridized carbons (Fsp3) is 0.778. The van der Waals surface area contributed by atoms with Crippen molar-refractivity contribution in [1.82, 2.24) is 30.9 Å². The van der Waals surface area contributed by atoms with E-state index in [1.807, 2.05) is 4.90 Å². The Morgan fingerprint density at radius 3 is 2.11 bits per heavy atom. The van der Waals surface area contributed by atoms with Gasteiger partial charge in [0.25, 0.3) is 11.8 Å². The first-order valence-corrected chi connectivity index (χ1v) is 9.96. The average molecular weight is 396 g/mol. The van der Waals surface area contributed by atoms with Crippen LogP contribution in [-0.2, 0) is 14.4 Å². The van der Waals surface area contributed by atoms with Crippen molar-refractivity contribution in [3.05, 3.63) is 0 Å². The molecule has 2 fully saturated rings. The number of rotatable bonds is 9. The Bertz CT molecular complexity index is 605. The molecule has 2 rings (SSSR count). The van der Waals surface area contributed by atoms with Gasteiger partial charge in [0, 0.05) is 32.7 Å². The summed E-state index contributed by atoms with van der Waals surface area (Å²) in [6, 6.07) is -0.610. The lowest BCUT2D eigenvalue weighted by Gasteiger charge is -2.34. The molecule has 1 unspecified atom stereocenters. The lowest BCUT2D eigenvalue weighted by Crippen LogP contribution is -2.54. The zero-order chi connectivity index (χ0) is 20.7. The van der Waals surface area contributed by atoms with Crippen LogP contribution in [-0.4, -0.2) is 89.9 Å². The number of imide groups is 1. The van der Waals surface area contributed by atoms with Crippen molar-refractivity contribution >= 4 is 23.8 Å². The molecule has 0 aromatic heterocycles. The second-order valence-corrected chi connectivity index (χ2v) is 7.55. The van der Waals surface area contributed by atoms with Gasteiger partial charge in [-0.3, -0.25) is 29.6 Å². The van der Waals surface area contributed by atoms with Crippen LogP contribution in [0.2, 0.25) is 0 Å². The molecule has 0 radical (unpaired) electrons. The van der Waals surface area contributed by atoms with Crippen LogP contribution in [0.1, 0.15) is 40.0 Å². The summed E-state index contributed by atoms with van der Waals surface area (Å²) in [5.41, 5.74) is 1.42. The maximum atomic E-state index is 12.3. The van der Waals surface area contributed by atoms with Gasteiger partial charge < -0.3 is 10.6 Å². The number of carbonyl (C=O) groups excluding carboxylic acids is 4. The summed E-state index contributed by atoms with van der Waals surface area (Å²) in [4.78, 5) is 52.4. The highest BCUT2D eigenvalue weighted by atomic mass is 16.2. The Kier molecular flexibility index (Phi) is 7.76. The number of hydrogen-bond donors (Lipinski definition) is 3. The standard InChI is InChI=1S/C18H32N6O4/c1-4-6-7-19-14(25)12-22-8-10-23(11-9-22)13-15(26)21-24-16(27)18(3,5-2)20-17(24)28/h4-13H2,1-3H3,(H,19,25)(H,20,28)(H,21,26). The van der Waals surface area contributed by atoms with Gasteiger partial charge in [-0.15, -0.1) is 0 Å². The molecule has 2 saturated heterocycles. The number of carbonyl (C=O) groups is 4. The predicted octanol–water partition coefficient (Wildman–Crippen LogP) is -0.728. The Morgan fingerprint density at radius 2 is 1.61 bits per heavy atom. The maximum Gasteiger partial charge on any atom is 0.344 e. The molecule has 0 aliphatic carbocycles. The Balaban J connectivity index is 1.71. The minimum absolute atomic E-state index is 0.0252. The van der Waals surface area contributed by atoms with E-state index in [1.54, 1.807) is 13.8 Å². The number of piperazine rings is 1. The summed E-state index contributed by atoms with van der Waals surface area (Å²) in [6.07, 6.45) is 2.46. The van der Waals surface area contributed by atoms with Gasteiger partial charge in [-0.2, -0.15) is 5.01 Å². The van der Waals surface area contributed by atoms with E-state index < -0.39 is 23.4 Å². The highest BCUT2D eigenvalue weighted by Gasteiger charge is 2.47. The molecule has 158 valence electrons. The summed E-state index contributed by atoms with van der Waals surface area (Å²) in [7, 11) is 0. The van der Waals surface area contributed by atoms with Crippen LogP contribution in [0.3, 0.4) is 0 Å². The van der Waals surface area contributed by atoms with E-state index >= 15 is 0 Å². The molecule has 0 aromatic carbocycles. The number of nitrogens with zero attached hydrogens (tertiary/aromatic N) is 3. The van der Waals surface area contributed by atoms with Gasteiger partial charge in [0.15, 0.2) is 0 Å². The van der Waals surface area contributed by atoms with Crippen molar-refractivity contribution in [3.8, 4) is 0 Å². The van der Waals surface area contributed by atoms with Gasteiger partial charge in [-0.05, 0) is 19.8 Å². The number of hydrazine groups is 1. The number of urea groups is 1. The first-order chi connectivity index (χ1) is 13.3. The van der Waals surface area contributed by atoms with Crippen molar-refractivity contribution in [2.24, 2.45) is 0 Å². The van der Waals surface area contributed by atoms with E-state index in [-0.39, 0.29) is 12.5 Å². The van der Waals surface area contributed by atoms with Gasteiger partial charge in [0.05, 0.1) is 13.1 Å². The highest BCUT2D eigenvalue weighted by Crippen LogP contribution is 2.19. The van der Waals surface area contributed by atoms with Crippen molar-refractivity contribution < 1.29 is 19.2 Å². The van der Waals surface area contributed by atoms with Crippen LogP contribution in [0.5, 0.6) is 0 Å². The predicted molar refractivity (Wildman–Crippen MR) is 103 cm³/mol. The van der Waals surface area contributed by atoms with Gasteiger partial charge in [-0.1, -0.05) is 20.3 Å². The first-order valence-electron chi connectivity index (χ1n) is 9.96. The molecule has 28 heavy (non-hydrogen) atoms. The number of nitrogens with one attached hydrogen (secondary N) is 3. The molecular weight excluding hydrogens is 364 g/mol. The van der Waals surface area contributed by atoms with Gasteiger partial charge in [-0.25, -0.2) is 4.79 Å². The van der Waals surface area contributed by atoms with Gasteiger partial charge >= 0.3 is 6.03 Å². The summed E-state index contributed by atoms with van der Waals surface area (Å²) in [5.74, 6) is -0.834. The van der Waals surface area contributed by atoms with Crippen LogP contribution >= 0.6 is 0 Å². The maximum absolute atomic E-state index is 12.3. The molecule has 0 aromatic rings. The quantitative estimate of drug-likeness (QED) is 0.350. The Hall–Kier alpha value is -2.20. The van der Waals surface area contributed by atoms with E-state index in [0.717, 1.165) is 17.9 Å². The molecule has 2 heterocycles. The normalized spacial score (nSPS) is 23.6. The third kappa shape index (κ3) is 5.65. The Labute approximate surface area is 165 Å². The van der Waals surface area contributed by atoms with Gasteiger partial charge in [0.2, 0.25) is 5.91 Å². The lowest BCUT2D eigenvalue weighted by atomic mass is 10.00. The monoisotopic (exact) mass is 396 g/mol. The summed E-state index contributed by atoms with van der Waals surface area (Å²) < 4.78 is 0. The molecule has 2 aliphatic heterocycles. The topological polar surface area (TPSA) is 114 Å². The zero-order valence-corrected chi connectivity index (χ0v) is 17.0. The highest BCUT2D eigenvalue weighted by molar-refractivity contribution is 6.07. The van der Waals surface area contributed by atoms with E-state index in [0.29, 0.717) is 45.7 Å². The van der Waals surface area contributed by atoms with E-state index in [9.17, 15) is 19.2 Å². The molecule has 0 spiro atoms. The molecule has 3 N–H and O–H groups in total. The van der Waals surface area contributed by atoms with Crippen molar-refractivity contribution in [1.29, 1.82) is 0 Å². The minimum Gasteiger partial charge on any atom is -0.355 e. The molecule has 10 heteroatoms. The number of hydrogen-bond acceptors (Lipinski definition) is 6. The molecular formula is C18H32N6O4. The van der Waals surface area contributed by atoms with Crippen LogP contribution < -0.4 is 16.1 Å². The molecule has 2 aliphatic rings. The van der Waals surface area contributed by atoms with Crippen LogP contribution in [0.15, 0.2) is 0 Å². The molecule has 0 saturated carbocycles. The van der Waals surface area contributed by atoms with Crippen molar-refractivity contribution in [3.63, 3.8) is 0 Å². The average Bonchev–Trinajstić information content (AvgIpc) is 2.87. The third-order valence-electron chi connectivity index (χ3n) is 5.26. The molecule has 0 bridgehead atoms. The van der Waals surface area contributed by atoms with Crippen molar-refractivity contribution in [2.45, 2.75) is 45.6 Å². The second-order valence-electron chi connectivity index (χ2n) is 7.55. The third-order valence-corrected chi connectivity index (χ3v) is 5.26. The van der Waals surface area contributed by atoms with Crippen LogP contribution in [0.25, 0.3) is 0 Å². The smallest absolute Gasteiger partial charge is 0.344 e.